The van der Waals surface area contributed by atoms with Crippen LogP contribution in [-0.2, 0) is 6.54 Å². The van der Waals surface area contributed by atoms with Crippen LogP contribution in [0.3, 0.4) is 0 Å². The maximum atomic E-state index is 5.91. The summed E-state index contributed by atoms with van der Waals surface area (Å²) in [6.45, 7) is 0.673. The van der Waals surface area contributed by atoms with Crippen LogP contribution in [0, 0.1) is 0 Å². The molecule has 0 aliphatic carbocycles. The number of benzene rings is 1. The topological polar surface area (TPSA) is 42.7 Å². The number of rotatable bonds is 3. The first-order valence-corrected chi connectivity index (χ1v) is 4.98. The van der Waals surface area contributed by atoms with Crippen molar-refractivity contribution in [2.75, 3.05) is 7.05 Å². The molecule has 0 saturated heterocycles. The Morgan fingerprint density at radius 1 is 1.47 bits per heavy atom. The van der Waals surface area contributed by atoms with Crippen molar-refractivity contribution in [3.8, 4) is 5.69 Å². The number of aromatic nitrogens is 3. The first kappa shape index (κ1) is 10.1. The van der Waals surface area contributed by atoms with Crippen LogP contribution in [0.2, 0.25) is 5.02 Å². The Morgan fingerprint density at radius 2 is 2.33 bits per heavy atom. The average molecular weight is 223 g/mol. The van der Waals surface area contributed by atoms with Gasteiger partial charge in [-0.25, -0.2) is 9.67 Å². The van der Waals surface area contributed by atoms with Crippen molar-refractivity contribution < 1.29 is 0 Å². The molecule has 0 spiro atoms. The third-order valence-corrected chi connectivity index (χ3v) is 2.24. The lowest BCUT2D eigenvalue weighted by atomic mass is 10.3. The highest BCUT2D eigenvalue weighted by Crippen LogP contribution is 2.14. The van der Waals surface area contributed by atoms with E-state index < -0.39 is 0 Å². The van der Waals surface area contributed by atoms with Crippen molar-refractivity contribution in [1.29, 1.82) is 0 Å². The minimum atomic E-state index is 0.673. The van der Waals surface area contributed by atoms with Crippen molar-refractivity contribution in [2.24, 2.45) is 0 Å². The molecule has 0 amide bonds. The summed E-state index contributed by atoms with van der Waals surface area (Å²) < 4.78 is 1.77. The van der Waals surface area contributed by atoms with Gasteiger partial charge in [0.05, 0.1) is 12.2 Å². The van der Waals surface area contributed by atoms with Crippen molar-refractivity contribution in [3.05, 3.63) is 41.4 Å². The number of nitrogens with zero attached hydrogens (tertiary/aromatic N) is 3. The second-order valence-corrected chi connectivity index (χ2v) is 3.53. The van der Waals surface area contributed by atoms with E-state index in [-0.39, 0.29) is 0 Å². The van der Waals surface area contributed by atoms with E-state index in [2.05, 4.69) is 15.4 Å². The van der Waals surface area contributed by atoms with Gasteiger partial charge in [-0.15, -0.1) is 0 Å². The molecule has 15 heavy (non-hydrogen) atoms. The highest BCUT2D eigenvalue weighted by Gasteiger charge is 2.05. The molecule has 0 aliphatic rings. The SMILES string of the molecule is CNCc1ncnn1-c1cccc(Cl)c1. The van der Waals surface area contributed by atoms with Gasteiger partial charge in [0.1, 0.15) is 12.2 Å². The summed E-state index contributed by atoms with van der Waals surface area (Å²) in [5, 5.41) is 7.88. The third kappa shape index (κ3) is 2.16. The van der Waals surface area contributed by atoms with Crippen LogP contribution in [0.5, 0.6) is 0 Å². The minimum Gasteiger partial charge on any atom is -0.313 e. The predicted molar refractivity (Wildman–Crippen MR) is 59.1 cm³/mol. The molecule has 2 aromatic rings. The monoisotopic (exact) mass is 222 g/mol. The molecular formula is C10H11ClN4. The van der Waals surface area contributed by atoms with Crippen LogP contribution in [0.15, 0.2) is 30.6 Å². The maximum Gasteiger partial charge on any atom is 0.146 e. The van der Waals surface area contributed by atoms with E-state index in [1.807, 2.05) is 31.3 Å². The zero-order valence-electron chi connectivity index (χ0n) is 8.31. The molecule has 5 heteroatoms. The van der Waals surface area contributed by atoms with Crippen LogP contribution < -0.4 is 5.32 Å². The van der Waals surface area contributed by atoms with E-state index >= 15 is 0 Å². The largest absolute Gasteiger partial charge is 0.313 e. The molecule has 0 atom stereocenters. The maximum absolute atomic E-state index is 5.91. The van der Waals surface area contributed by atoms with Crippen LogP contribution >= 0.6 is 11.6 Å². The molecule has 78 valence electrons. The Bertz CT molecular complexity index is 452. The summed E-state index contributed by atoms with van der Waals surface area (Å²) in [4.78, 5) is 4.16. The van der Waals surface area contributed by atoms with Crippen LogP contribution in [0.25, 0.3) is 5.69 Å². The predicted octanol–water partition coefficient (Wildman–Crippen LogP) is 1.64. The van der Waals surface area contributed by atoms with Gasteiger partial charge in [0.2, 0.25) is 0 Å². The summed E-state index contributed by atoms with van der Waals surface area (Å²) in [5.41, 5.74) is 0.922. The molecule has 0 fully saturated rings. The van der Waals surface area contributed by atoms with Crippen LogP contribution in [-0.4, -0.2) is 21.8 Å². The van der Waals surface area contributed by atoms with Crippen LogP contribution in [0.4, 0.5) is 0 Å². The molecule has 0 aliphatic heterocycles. The van der Waals surface area contributed by atoms with Crippen molar-refractivity contribution in [3.63, 3.8) is 0 Å². The zero-order chi connectivity index (χ0) is 10.7. The second-order valence-electron chi connectivity index (χ2n) is 3.10. The molecule has 0 saturated carbocycles. The minimum absolute atomic E-state index is 0.673. The lowest BCUT2D eigenvalue weighted by Crippen LogP contribution is -2.12. The molecule has 0 radical (unpaired) electrons. The Morgan fingerprint density at radius 3 is 3.07 bits per heavy atom. The molecule has 1 heterocycles. The molecule has 1 aromatic heterocycles. The van der Waals surface area contributed by atoms with Gasteiger partial charge in [-0.3, -0.25) is 0 Å². The van der Waals surface area contributed by atoms with E-state index in [0.717, 1.165) is 11.5 Å². The highest BCUT2D eigenvalue weighted by molar-refractivity contribution is 6.30. The molecule has 1 aromatic carbocycles. The standard InChI is InChI=1S/C10H11ClN4/c1-12-6-10-13-7-14-15(10)9-4-2-3-8(11)5-9/h2-5,7,12H,6H2,1H3. The summed E-state index contributed by atoms with van der Waals surface area (Å²) in [5.74, 6) is 0.861. The van der Waals surface area contributed by atoms with Gasteiger partial charge in [0.15, 0.2) is 0 Å². The number of nitrogens with one attached hydrogen (secondary N) is 1. The van der Waals surface area contributed by atoms with Crippen molar-refractivity contribution >= 4 is 11.6 Å². The Balaban J connectivity index is 2.40. The fraction of sp³-hybridized carbons (Fsp3) is 0.200. The van der Waals surface area contributed by atoms with Crippen molar-refractivity contribution in [1.82, 2.24) is 20.1 Å². The van der Waals surface area contributed by atoms with Gasteiger partial charge in [-0.1, -0.05) is 17.7 Å². The van der Waals surface area contributed by atoms with E-state index in [4.69, 9.17) is 11.6 Å². The van der Waals surface area contributed by atoms with Crippen LogP contribution in [0.1, 0.15) is 5.82 Å². The number of hydrogen-bond donors (Lipinski definition) is 1. The fourth-order valence-corrected chi connectivity index (χ4v) is 1.55. The van der Waals surface area contributed by atoms with E-state index in [9.17, 15) is 0 Å². The summed E-state index contributed by atoms with van der Waals surface area (Å²) in [7, 11) is 1.87. The van der Waals surface area contributed by atoms with Gasteiger partial charge in [0, 0.05) is 5.02 Å². The average Bonchev–Trinajstić information content (AvgIpc) is 2.66. The Labute approximate surface area is 92.9 Å². The Hall–Kier alpha value is -1.39. The first-order valence-electron chi connectivity index (χ1n) is 4.60. The normalized spacial score (nSPS) is 10.5. The highest BCUT2D eigenvalue weighted by atomic mass is 35.5. The van der Waals surface area contributed by atoms with E-state index in [1.165, 1.54) is 6.33 Å². The summed E-state index contributed by atoms with van der Waals surface area (Å²) >= 11 is 5.91. The molecule has 0 unspecified atom stereocenters. The summed E-state index contributed by atoms with van der Waals surface area (Å²) in [6, 6.07) is 7.53. The Kier molecular flexibility index (Phi) is 2.99. The lowest BCUT2D eigenvalue weighted by Gasteiger charge is -2.05. The lowest BCUT2D eigenvalue weighted by molar-refractivity contribution is 0.712. The molecule has 2 rings (SSSR count). The molecule has 0 bridgehead atoms. The number of halogens is 1. The van der Waals surface area contributed by atoms with E-state index in [1.54, 1.807) is 4.68 Å². The van der Waals surface area contributed by atoms with Gasteiger partial charge < -0.3 is 5.32 Å². The van der Waals surface area contributed by atoms with E-state index in [0.29, 0.717) is 11.6 Å². The first-order chi connectivity index (χ1) is 7.31. The van der Waals surface area contributed by atoms with Gasteiger partial charge in [0.25, 0.3) is 0 Å². The van der Waals surface area contributed by atoms with Gasteiger partial charge in [-0.05, 0) is 25.2 Å². The van der Waals surface area contributed by atoms with Crippen molar-refractivity contribution in [2.45, 2.75) is 6.54 Å². The fourth-order valence-electron chi connectivity index (χ4n) is 1.37. The quantitative estimate of drug-likeness (QED) is 0.859. The summed E-state index contributed by atoms with van der Waals surface area (Å²) in [6.07, 6.45) is 1.54. The third-order valence-electron chi connectivity index (χ3n) is 2.01. The van der Waals surface area contributed by atoms with Gasteiger partial charge >= 0.3 is 0 Å². The second kappa shape index (κ2) is 4.42. The molecular weight excluding hydrogens is 212 g/mol. The number of hydrogen-bond acceptors (Lipinski definition) is 3. The zero-order valence-corrected chi connectivity index (χ0v) is 9.07. The molecule has 1 N–H and O–H groups in total. The van der Waals surface area contributed by atoms with Gasteiger partial charge in [-0.2, -0.15) is 5.10 Å². The smallest absolute Gasteiger partial charge is 0.146 e. The molecule has 4 nitrogen and oxygen atoms in total.